The van der Waals surface area contributed by atoms with Crippen LogP contribution in [0.25, 0.3) is 66.4 Å². The molecule has 9 aromatic rings. The van der Waals surface area contributed by atoms with Crippen molar-refractivity contribution in [2.45, 2.75) is 0 Å². The molecule has 0 bridgehead atoms. The lowest BCUT2D eigenvalue weighted by Gasteiger charge is -2.27. The van der Waals surface area contributed by atoms with Gasteiger partial charge in [-0.05, 0) is 69.3 Å². The standard InChI is InChI=1S/C47H32N2O/c1-3-11-33(12-4-1)35-19-21-37(22-20-35)38-27-29-40(30-28-38)49(47-31-43-42-16-8-10-18-45(42)50-46(43)32-48-47)44-17-9-7-15-41(44)39-25-23-36(24-26-39)34-13-5-2-6-14-34/h1-32H. The average Bonchev–Trinajstić information content (AvgIpc) is 3.57. The number of para-hydroxylation sites is 2. The Morgan fingerprint density at radius 1 is 0.380 bits per heavy atom. The monoisotopic (exact) mass is 640 g/mol. The van der Waals surface area contributed by atoms with Gasteiger partial charge in [0.05, 0.1) is 11.9 Å². The van der Waals surface area contributed by atoms with Crippen LogP contribution in [0.1, 0.15) is 0 Å². The molecule has 7 aromatic carbocycles. The molecule has 0 amide bonds. The van der Waals surface area contributed by atoms with Crippen LogP contribution in [-0.2, 0) is 0 Å². The third kappa shape index (κ3) is 5.51. The number of anilines is 3. The molecule has 3 nitrogen and oxygen atoms in total. The molecule has 236 valence electrons. The fourth-order valence-corrected chi connectivity index (χ4v) is 6.81. The average molecular weight is 641 g/mol. The van der Waals surface area contributed by atoms with Crippen LogP contribution >= 0.6 is 0 Å². The molecule has 0 aliphatic carbocycles. The third-order valence-electron chi connectivity index (χ3n) is 9.38. The zero-order chi connectivity index (χ0) is 33.3. The summed E-state index contributed by atoms with van der Waals surface area (Å²) in [6.07, 6.45) is 1.84. The number of fused-ring (bicyclic) bond motifs is 3. The fraction of sp³-hybridized carbons (Fsp3) is 0. The van der Waals surface area contributed by atoms with E-state index in [0.29, 0.717) is 0 Å². The van der Waals surface area contributed by atoms with Crippen molar-refractivity contribution in [3.63, 3.8) is 0 Å². The summed E-state index contributed by atoms with van der Waals surface area (Å²) in [5.41, 5.74) is 13.1. The highest BCUT2D eigenvalue weighted by atomic mass is 16.3. The van der Waals surface area contributed by atoms with Crippen molar-refractivity contribution >= 4 is 39.1 Å². The summed E-state index contributed by atoms with van der Waals surface area (Å²) in [5.74, 6) is 0.817. The first-order valence-electron chi connectivity index (χ1n) is 16.9. The Balaban J connectivity index is 1.14. The number of rotatable bonds is 7. The lowest BCUT2D eigenvalue weighted by Crippen LogP contribution is -2.12. The number of benzene rings is 7. The number of aromatic nitrogens is 1. The second kappa shape index (κ2) is 12.7. The van der Waals surface area contributed by atoms with Gasteiger partial charge in [0.25, 0.3) is 0 Å². The second-order valence-corrected chi connectivity index (χ2v) is 12.4. The Morgan fingerprint density at radius 2 is 0.860 bits per heavy atom. The maximum absolute atomic E-state index is 6.16. The maximum Gasteiger partial charge on any atom is 0.153 e. The van der Waals surface area contributed by atoms with E-state index in [0.717, 1.165) is 55.8 Å². The predicted octanol–water partition coefficient (Wildman–Crippen LogP) is 13.1. The molecular formula is C47H32N2O. The summed E-state index contributed by atoms with van der Waals surface area (Å²) in [4.78, 5) is 7.25. The molecule has 50 heavy (non-hydrogen) atoms. The molecule has 0 aliphatic rings. The quantitative estimate of drug-likeness (QED) is 0.174. The number of hydrogen-bond acceptors (Lipinski definition) is 3. The summed E-state index contributed by atoms with van der Waals surface area (Å²) in [7, 11) is 0. The van der Waals surface area contributed by atoms with Gasteiger partial charge in [0.15, 0.2) is 5.58 Å². The van der Waals surface area contributed by atoms with E-state index in [-0.39, 0.29) is 0 Å². The summed E-state index contributed by atoms with van der Waals surface area (Å²) in [5, 5.41) is 2.11. The van der Waals surface area contributed by atoms with Crippen LogP contribution in [0.15, 0.2) is 199 Å². The minimum Gasteiger partial charge on any atom is -0.454 e. The van der Waals surface area contributed by atoms with Gasteiger partial charge in [-0.3, -0.25) is 4.90 Å². The van der Waals surface area contributed by atoms with Crippen molar-refractivity contribution in [2.24, 2.45) is 0 Å². The van der Waals surface area contributed by atoms with Gasteiger partial charge in [-0.1, -0.05) is 158 Å². The molecule has 0 atom stereocenters. The topological polar surface area (TPSA) is 29.3 Å². The molecule has 0 aliphatic heterocycles. The molecule has 0 spiro atoms. The van der Waals surface area contributed by atoms with Gasteiger partial charge in [-0.25, -0.2) is 4.98 Å². The van der Waals surface area contributed by atoms with Crippen LogP contribution in [0.5, 0.6) is 0 Å². The Morgan fingerprint density at radius 3 is 1.48 bits per heavy atom. The smallest absolute Gasteiger partial charge is 0.153 e. The van der Waals surface area contributed by atoms with E-state index in [1.165, 1.54) is 27.8 Å². The molecule has 0 unspecified atom stereocenters. The number of furan rings is 1. The van der Waals surface area contributed by atoms with E-state index in [9.17, 15) is 0 Å². The molecule has 0 N–H and O–H groups in total. The van der Waals surface area contributed by atoms with Gasteiger partial charge in [0.2, 0.25) is 0 Å². The van der Waals surface area contributed by atoms with E-state index in [1.54, 1.807) is 0 Å². The molecule has 0 saturated carbocycles. The summed E-state index contributed by atoms with van der Waals surface area (Å²) in [6, 6.07) is 66.2. The van der Waals surface area contributed by atoms with Gasteiger partial charge >= 0.3 is 0 Å². The summed E-state index contributed by atoms with van der Waals surface area (Å²) in [6.45, 7) is 0. The zero-order valence-electron chi connectivity index (χ0n) is 27.3. The van der Waals surface area contributed by atoms with E-state index < -0.39 is 0 Å². The van der Waals surface area contributed by atoms with Gasteiger partial charge in [-0.15, -0.1) is 0 Å². The van der Waals surface area contributed by atoms with Gasteiger partial charge in [0.1, 0.15) is 11.4 Å². The van der Waals surface area contributed by atoms with E-state index in [2.05, 4.69) is 175 Å². The lowest BCUT2D eigenvalue weighted by atomic mass is 9.98. The largest absolute Gasteiger partial charge is 0.454 e. The lowest BCUT2D eigenvalue weighted by molar-refractivity contribution is 0.667. The molecule has 3 heteroatoms. The Hall–Kier alpha value is -6.71. The van der Waals surface area contributed by atoms with Crippen LogP contribution in [0.4, 0.5) is 17.2 Å². The number of pyridine rings is 1. The van der Waals surface area contributed by atoms with Crippen LogP contribution in [0.3, 0.4) is 0 Å². The molecule has 0 radical (unpaired) electrons. The highest BCUT2D eigenvalue weighted by Gasteiger charge is 2.20. The van der Waals surface area contributed by atoms with Crippen molar-refractivity contribution in [1.82, 2.24) is 4.98 Å². The summed E-state index contributed by atoms with van der Waals surface area (Å²) < 4.78 is 6.16. The number of nitrogens with zero attached hydrogens (tertiary/aromatic N) is 2. The van der Waals surface area contributed by atoms with E-state index in [4.69, 9.17) is 9.40 Å². The predicted molar refractivity (Wildman–Crippen MR) is 208 cm³/mol. The third-order valence-corrected chi connectivity index (χ3v) is 9.38. The van der Waals surface area contributed by atoms with Crippen molar-refractivity contribution in [1.29, 1.82) is 0 Å². The minimum absolute atomic E-state index is 0.772. The first-order valence-corrected chi connectivity index (χ1v) is 16.9. The fourth-order valence-electron chi connectivity index (χ4n) is 6.81. The van der Waals surface area contributed by atoms with Crippen LogP contribution < -0.4 is 4.90 Å². The van der Waals surface area contributed by atoms with Crippen LogP contribution in [0, 0.1) is 0 Å². The van der Waals surface area contributed by atoms with Gasteiger partial charge in [0, 0.05) is 22.0 Å². The Kier molecular flexibility index (Phi) is 7.49. The van der Waals surface area contributed by atoms with Crippen molar-refractivity contribution in [2.75, 3.05) is 4.90 Å². The van der Waals surface area contributed by atoms with Gasteiger partial charge in [-0.2, -0.15) is 0 Å². The van der Waals surface area contributed by atoms with Crippen molar-refractivity contribution in [3.05, 3.63) is 194 Å². The molecule has 0 fully saturated rings. The SMILES string of the molecule is c1ccc(-c2ccc(-c3ccc(N(c4cc5c(cn4)oc4ccccc45)c4ccccc4-c4ccc(-c5ccccc5)cc4)cc3)cc2)cc1. The maximum atomic E-state index is 6.16. The number of hydrogen-bond donors (Lipinski definition) is 0. The first-order chi connectivity index (χ1) is 24.8. The van der Waals surface area contributed by atoms with E-state index >= 15 is 0 Å². The molecule has 2 aromatic heterocycles. The highest BCUT2D eigenvalue weighted by molar-refractivity contribution is 6.06. The first kappa shape index (κ1) is 29.4. The Bertz CT molecular complexity index is 2550. The molecule has 2 heterocycles. The second-order valence-electron chi connectivity index (χ2n) is 12.4. The molecule has 9 rings (SSSR count). The Labute approximate surface area is 291 Å². The minimum atomic E-state index is 0.772. The van der Waals surface area contributed by atoms with E-state index in [1.807, 2.05) is 24.4 Å². The highest BCUT2D eigenvalue weighted by Crippen LogP contribution is 2.42. The summed E-state index contributed by atoms with van der Waals surface area (Å²) >= 11 is 0. The van der Waals surface area contributed by atoms with Crippen LogP contribution in [0.2, 0.25) is 0 Å². The van der Waals surface area contributed by atoms with Crippen molar-refractivity contribution in [3.8, 4) is 44.5 Å². The van der Waals surface area contributed by atoms with Crippen LogP contribution in [-0.4, -0.2) is 4.98 Å². The molecule has 0 saturated heterocycles. The zero-order valence-corrected chi connectivity index (χ0v) is 27.3. The van der Waals surface area contributed by atoms with Crippen molar-refractivity contribution < 1.29 is 4.42 Å². The molecular weight excluding hydrogens is 609 g/mol. The van der Waals surface area contributed by atoms with Gasteiger partial charge < -0.3 is 4.42 Å². The normalized spacial score (nSPS) is 11.2.